The van der Waals surface area contributed by atoms with Gasteiger partial charge in [-0.25, -0.2) is 4.98 Å². The average molecular weight is 270 g/mol. The van der Waals surface area contributed by atoms with Crippen molar-refractivity contribution in [1.82, 2.24) is 10.3 Å². The van der Waals surface area contributed by atoms with E-state index in [9.17, 15) is 5.11 Å². The van der Waals surface area contributed by atoms with Crippen molar-refractivity contribution < 1.29 is 5.11 Å². The Morgan fingerprint density at radius 3 is 2.56 bits per heavy atom. The van der Waals surface area contributed by atoms with Gasteiger partial charge in [0.05, 0.1) is 16.8 Å². The molecule has 1 aromatic heterocycles. The van der Waals surface area contributed by atoms with Crippen molar-refractivity contribution in [3.05, 3.63) is 16.1 Å². The van der Waals surface area contributed by atoms with Crippen LogP contribution in [-0.2, 0) is 12.0 Å². The van der Waals surface area contributed by atoms with Crippen LogP contribution in [0.25, 0.3) is 0 Å². The summed E-state index contributed by atoms with van der Waals surface area (Å²) in [5, 5.41) is 16.3. The van der Waals surface area contributed by atoms with Gasteiger partial charge in [0, 0.05) is 23.9 Å². The predicted octanol–water partition coefficient (Wildman–Crippen LogP) is 2.94. The summed E-state index contributed by atoms with van der Waals surface area (Å²) in [6.07, 6.45) is 0.586. The van der Waals surface area contributed by atoms with Crippen molar-refractivity contribution in [2.24, 2.45) is 5.92 Å². The lowest BCUT2D eigenvalue weighted by molar-refractivity contribution is 0.146. The van der Waals surface area contributed by atoms with E-state index < -0.39 is 0 Å². The largest absolute Gasteiger partial charge is 0.392 e. The van der Waals surface area contributed by atoms with Crippen molar-refractivity contribution >= 4 is 11.3 Å². The van der Waals surface area contributed by atoms with E-state index in [2.05, 4.69) is 50.3 Å². The van der Waals surface area contributed by atoms with Gasteiger partial charge in [-0.05, 0) is 12.3 Å². The van der Waals surface area contributed by atoms with Crippen LogP contribution in [0.1, 0.15) is 51.7 Å². The molecule has 4 heteroatoms. The first-order chi connectivity index (χ1) is 8.29. The summed E-state index contributed by atoms with van der Waals surface area (Å²) in [4.78, 5) is 4.61. The van der Waals surface area contributed by atoms with Gasteiger partial charge in [0.25, 0.3) is 0 Å². The molecule has 0 aliphatic rings. The summed E-state index contributed by atoms with van der Waals surface area (Å²) in [5.41, 5.74) is 1.20. The highest BCUT2D eigenvalue weighted by Gasteiger charge is 2.17. The van der Waals surface area contributed by atoms with Crippen molar-refractivity contribution in [3.63, 3.8) is 0 Å². The van der Waals surface area contributed by atoms with Gasteiger partial charge in [-0.15, -0.1) is 11.3 Å². The molecule has 0 radical (unpaired) electrons. The van der Waals surface area contributed by atoms with Crippen LogP contribution in [0.4, 0.5) is 0 Å². The van der Waals surface area contributed by atoms with Gasteiger partial charge in [-0.2, -0.15) is 0 Å². The fraction of sp³-hybridized carbons (Fsp3) is 0.786. The van der Waals surface area contributed by atoms with Gasteiger partial charge in [-0.1, -0.05) is 34.6 Å². The van der Waals surface area contributed by atoms with Crippen LogP contribution >= 0.6 is 11.3 Å². The number of rotatable bonds is 6. The summed E-state index contributed by atoms with van der Waals surface area (Å²) < 4.78 is 0. The molecule has 0 amide bonds. The van der Waals surface area contributed by atoms with Crippen molar-refractivity contribution in [3.8, 4) is 0 Å². The molecule has 1 atom stereocenters. The van der Waals surface area contributed by atoms with Gasteiger partial charge >= 0.3 is 0 Å². The maximum Gasteiger partial charge on any atom is 0.0982 e. The molecular formula is C14H26N2OS. The summed E-state index contributed by atoms with van der Waals surface area (Å²) in [7, 11) is 0. The SMILES string of the molecule is CC(C)CC(O)CNCc1csc(C(C)(C)C)n1. The quantitative estimate of drug-likeness (QED) is 0.835. The number of aromatic nitrogens is 1. The third-order valence-electron chi connectivity index (χ3n) is 2.62. The first-order valence-corrected chi connectivity index (χ1v) is 7.50. The zero-order valence-corrected chi connectivity index (χ0v) is 13.0. The monoisotopic (exact) mass is 270 g/mol. The Balaban J connectivity index is 2.34. The van der Waals surface area contributed by atoms with Crippen LogP contribution < -0.4 is 5.32 Å². The molecule has 18 heavy (non-hydrogen) atoms. The third-order valence-corrected chi connectivity index (χ3v) is 3.94. The maximum absolute atomic E-state index is 9.75. The zero-order valence-electron chi connectivity index (χ0n) is 12.2. The second kappa shape index (κ2) is 6.64. The Kier molecular flexibility index (Phi) is 5.76. The Morgan fingerprint density at radius 2 is 2.06 bits per heavy atom. The number of hydrogen-bond donors (Lipinski definition) is 2. The van der Waals surface area contributed by atoms with Crippen LogP contribution in [0.3, 0.4) is 0 Å². The summed E-state index contributed by atoms with van der Waals surface area (Å²) in [5.74, 6) is 0.536. The highest BCUT2D eigenvalue weighted by Crippen LogP contribution is 2.25. The van der Waals surface area contributed by atoms with Crippen LogP contribution in [0.2, 0.25) is 0 Å². The van der Waals surface area contributed by atoms with Crippen LogP contribution in [0.15, 0.2) is 5.38 Å². The average Bonchev–Trinajstić information content (AvgIpc) is 2.64. The highest BCUT2D eigenvalue weighted by atomic mass is 32.1. The minimum Gasteiger partial charge on any atom is -0.392 e. The molecule has 104 valence electrons. The van der Waals surface area contributed by atoms with Crippen LogP contribution in [0.5, 0.6) is 0 Å². The fourth-order valence-electron chi connectivity index (χ4n) is 1.73. The molecule has 0 spiro atoms. The molecule has 0 saturated carbocycles. The molecule has 0 bridgehead atoms. The van der Waals surface area contributed by atoms with E-state index in [0.29, 0.717) is 12.5 Å². The normalized spacial score (nSPS) is 14.2. The molecule has 1 heterocycles. The van der Waals surface area contributed by atoms with Gasteiger partial charge in [0.1, 0.15) is 0 Å². The van der Waals surface area contributed by atoms with Gasteiger partial charge in [0.2, 0.25) is 0 Å². The molecule has 0 fully saturated rings. The van der Waals surface area contributed by atoms with Gasteiger partial charge in [-0.3, -0.25) is 0 Å². The lowest BCUT2D eigenvalue weighted by Crippen LogP contribution is -2.27. The van der Waals surface area contributed by atoms with Gasteiger partial charge in [0.15, 0.2) is 0 Å². The molecule has 1 rings (SSSR count). The molecule has 0 saturated heterocycles. The number of hydrogen-bond acceptors (Lipinski definition) is 4. The van der Waals surface area contributed by atoms with E-state index in [1.54, 1.807) is 11.3 Å². The first kappa shape index (κ1) is 15.6. The second-order valence-corrected chi connectivity index (χ2v) is 7.17. The Morgan fingerprint density at radius 1 is 1.39 bits per heavy atom. The highest BCUT2D eigenvalue weighted by molar-refractivity contribution is 7.09. The lowest BCUT2D eigenvalue weighted by atomic mass is 9.98. The van der Waals surface area contributed by atoms with E-state index in [1.807, 2.05) is 0 Å². The number of nitrogens with one attached hydrogen (secondary N) is 1. The molecule has 0 aliphatic heterocycles. The fourth-order valence-corrected chi connectivity index (χ4v) is 2.63. The second-order valence-electron chi connectivity index (χ2n) is 6.31. The third kappa shape index (κ3) is 5.46. The molecule has 0 aromatic carbocycles. The van der Waals surface area contributed by atoms with Gasteiger partial charge < -0.3 is 10.4 Å². The van der Waals surface area contributed by atoms with Crippen molar-refractivity contribution in [2.45, 2.75) is 59.1 Å². The minimum atomic E-state index is -0.259. The summed E-state index contributed by atoms with van der Waals surface area (Å²) in [6, 6.07) is 0. The number of nitrogens with zero attached hydrogens (tertiary/aromatic N) is 1. The Labute approximate surface area is 115 Å². The van der Waals surface area contributed by atoms with E-state index in [1.165, 1.54) is 5.01 Å². The molecular weight excluding hydrogens is 244 g/mol. The summed E-state index contributed by atoms with van der Waals surface area (Å²) >= 11 is 1.71. The Hall–Kier alpha value is -0.450. The van der Waals surface area contributed by atoms with E-state index in [0.717, 1.165) is 18.7 Å². The first-order valence-electron chi connectivity index (χ1n) is 6.62. The Bertz CT molecular complexity index is 355. The lowest BCUT2D eigenvalue weighted by Gasteiger charge is -2.14. The zero-order chi connectivity index (χ0) is 13.8. The molecule has 1 aromatic rings. The molecule has 0 aliphatic carbocycles. The summed E-state index contributed by atoms with van der Waals surface area (Å²) in [6.45, 7) is 12.2. The topological polar surface area (TPSA) is 45.1 Å². The van der Waals surface area contributed by atoms with E-state index in [4.69, 9.17) is 0 Å². The van der Waals surface area contributed by atoms with Crippen molar-refractivity contribution in [2.75, 3.05) is 6.54 Å². The number of aliphatic hydroxyl groups excluding tert-OH is 1. The smallest absolute Gasteiger partial charge is 0.0982 e. The maximum atomic E-state index is 9.75. The standard InChI is InChI=1S/C14H26N2OS/c1-10(2)6-12(17)8-15-7-11-9-18-13(16-11)14(3,4)5/h9-10,12,15,17H,6-8H2,1-5H3. The van der Waals surface area contributed by atoms with E-state index in [-0.39, 0.29) is 11.5 Å². The van der Waals surface area contributed by atoms with Crippen molar-refractivity contribution in [1.29, 1.82) is 0 Å². The van der Waals surface area contributed by atoms with Crippen LogP contribution in [-0.4, -0.2) is 22.7 Å². The number of thiazole rings is 1. The molecule has 1 unspecified atom stereocenters. The molecule has 3 nitrogen and oxygen atoms in total. The van der Waals surface area contributed by atoms with Crippen LogP contribution in [0, 0.1) is 5.92 Å². The predicted molar refractivity (Wildman–Crippen MR) is 78.0 cm³/mol. The minimum absolute atomic E-state index is 0.125. The molecule has 2 N–H and O–H groups in total. The number of aliphatic hydroxyl groups is 1. The van der Waals surface area contributed by atoms with E-state index >= 15 is 0 Å².